The van der Waals surface area contributed by atoms with Crippen LogP contribution in [0.15, 0.2) is 65.2 Å². The maximum atomic E-state index is 13.7. The zero-order valence-electron chi connectivity index (χ0n) is 23.4. The van der Waals surface area contributed by atoms with Crippen molar-refractivity contribution >= 4 is 49.7 Å². The number of ether oxygens (including phenoxy) is 3. The fraction of sp³-hybridized carbons (Fsp3) is 0.323. The molecule has 5 rings (SSSR count). The van der Waals surface area contributed by atoms with Gasteiger partial charge in [-0.3, -0.25) is 14.5 Å². The van der Waals surface area contributed by atoms with E-state index >= 15 is 0 Å². The van der Waals surface area contributed by atoms with E-state index in [1.54, 1.807) is 35.7 Å². The summed E-state index contributed by atoms with van der Waals surface area (Å²) in [6.45, 7) is 9.51. The van der Waals surface area contributed by atoms with Crippen LogP contribution < -0.4 is 19.1 Å². The van der Waals surface area contributed by atoms with Gasteiger partial charge in [-0.05, 0) is 73.5 Å². The van der Waals surface area contributed by atoms with Crippen molar-refractivity contribution in [2.24, 2.45) is 5.92 Å². The molecule has 0 spiro atoms. The van der Waals surface area contributed by atoms with Crippen molar-refractivity contribution in [1.29, 1.82) is 0 Å². The van der Waals surface area contributed by atoms with E-state index in [1.807, 2.05) is 32.0 Å². The third-order valence-corrected chi connectivity index (χ3v) is 8.49. The Morgan fingerprint density at radius 2 is 1.85 bits per heavy atom. The Hall–Kier alpha value is -3.89. The maximum Gasteiger partial charge on any atom is 0.296 e. The molecule has 1 aliphatic rings. The lowest BCUT2D eigenvalue weighted by molar-refractivity contribution is -0.117. The van der Waals surface area contributed by atoms with Crippen molar-refractivity contribution < 1.29 is 28.9 Å². The van der Waals surface area contributed by atoms with Crippen LogP contribution >= 0.6 is 22.7 Å². The average Bonchev–Trinajstić information content (AvgIpc) is 3.68. The summed E-state index contributed by atoms with van der Waals surface area (Å²) in [6.07, 6.45) is 0.886. The Labute approximate surface area is 246 Å². The van der Waals surface area contributed by atoms with Gasteiger partial charge in [-0.25, -0.2) is 4.98 Å². The Morgan fingerprint density at radius 3 is 2.56 bits per heavy atom. The van der Waals surface area contributed by atoms with Crippen molar-refractivity contribution in [3.63, 3.8) is 0 Å². The molecule has 0 fully saturated rings. The highest BCUT2D eigenvalue weighted by atomic mass is 32.1. The Kier molecular flexibility index (Phi) is 8.60. The topological polar surface area (TPSA) is 98.2 Å². The Bertz CT molecular complexity index is 1590. The molecule has 1 N–H and O–H groups in total. The van der Waals surface area contributed by atoms with Crippen molar-refractivity contribution in [3.8, 4) is 17.2 Å². The highest BCUT2D eigenvalue weighted by Gasteiger charge is 2.46. The SMILES string of the molecule is CCOc1ccc2nc(N3C(=O)C(O)=C(C(=O)c4cccs4)C3c3ccc(OCCC(C)C)c(OCC)c3)sc2c1. The van der Waals surface area contributed by atoms with E-state index in [0.717, 1.165) is 11.1 Å². The summed E-state index contributed by atoms with van der Waals surface area (Å²) in [4.78, 5) is 33.9. The normalized spacial score (nSPS) is 15.3. The van der Waals surface area contributed by atoms with Crippen LogP contribution in [0.3, 0.4) is 0 Å². The second kappa shape index (κ2) is 12.3. The number of carbonyl (C=O) groups is 2. The number of carbonyl (C=O) groups excluding carboxylic acids is 2. The third kappa shape index (κ3) is 5.80. The van der Waals surface area contributed by atoms with Crippen molar-refractivity contribution in [3.05, 3.63) is 75.7 Å². The number of thiophene rings is 1. The minimum atomic E-state index is -0.923. The number of hydrogen-bond donors (Lipinski definition) is 1. The number of anilines is 1. The summed E-state index contributed by atoms with van der Waals surface area (Å²) in [6, 6.07) is 13.4. The highest BCUT2D eigenvalue weighted by molar-refractivity contribution is 7.22. The fourth-order valence-electron chi connectivity index (χ4n) is 4.63. The molecule has 0 aliphatic carbocycles. The predicted molar refractivity (Wildman–Crippen MR) is 162 cm³/mol. The van der Waals surface area contributed by atoms with Gasteiger partial charge in [0, 0.05) is 0 Å². The lowest BCUT2D eigenvalue weighted by Crippen LogP contribution is -2.31. The number of aliphatic hydroxyl groups excluding tert-OH is 1. The molecule has 2 aromatic heterocycles. The highest BCUT2D eigenvalue weighted by Crippen LogP contribution is 2.46. The predicted octanol–water partition coefficient (Wildman–Crippen LogP) is 7.36. The van der Waals surface area contributed by atoms with E-state index in [0.29, 0.717) is 64.1 Å². The molecule has 4 aromatic rings. The zero-order chi connectivity index (χ0) is 29.1. The van der Waals surface area contributed by atoms with Gasteiger partial charge in [0.15, 0.2) is 22.4 Å². The molecule has 0 radical (unpaired) electrons. The molecule has 0 saturated carbocycles. The van der Waals surface area contributed by atoms with Crippen LogP contribution in [0.1, 0.15) is 55.4 Å². The monoisotopic (exact) mass is 592 g/mol. The molecule has 10 heteroatoms. The Balaban J connectivity index is 1.61. The molecule has 214 valence electrons. The molecule has 41 heavy (non-hydrogen) atoms. The molecule has 1 amide bonds. The number of nitrogens with zero attached hydrogens (tertiary/aromatic N) is 2. The first-order valence-corrected chi connectivity index (χ1v) is 15.3. The number of thiazole rings is 1. The van der Waals surface area contributed by atoms with Crippen molar-refractivity contribution in [1.82, 2.24) is 4.98 Å². The number of hydrogen-bond acceptors (Lipinski definition) is 9. The fourth-order valence-corrected chi connectivity index (χ4v) is 6.33. The quantitative estimate of drug-likeness (QED) is 0.172. The summed E-state index contributed by atoms with van der Waals surface area (Å²) in [5.41, 5.74) is 1.28. The van der Waals surface area contributed by atoms with Crippen LogP contribution in [0.2, 0.25) is 0 Å². The van der Waals surface area contributed by atoms with Crippen LogP contribution in [0.5, 0.6) is 17.2 Å². The summed E-state index contributed by atoms with van der Waals surface area (Å²) < 4.78 is 18.4. The molecule has 1 unspecified atom stereocenters. The summed E-state index contributed by atoms with van der Waals surface area (Å²) >= 11 is 2.55. The van der Waals surface area contributed by atoms with Gasteiger partial charge in [-0.1, -0.05) is 37.3 Å². The largest absolute Gasteiger partial charge is 0.503 e. The standard InChI is InChI=1S/C31H32N2O6S2/c1-5-37-20-10-11-21-25(17-20)41-31(32-21)33-27(26(29(35)30(33)36)28(34)24-8-7-15-40-24)19-9-12-22(23(16-19)38-6-2)39-14-13-18(3)4/h7-12,15-18,27,35H,5-6,13-14H2,1-4H3. The van der Waals surface area contributed by atoms with Gasteiger partial charge in [0.1, 0.15) is 5.75 Å². The van der Waals surface area contributed by atoms with Gasteiger partial charge >= 0.3 is 0 Å². The molecule has 0 bridgehead atoms. The molecule has 8 nitrogen and oxygen atoms in total. The number of rotatable bonds is 12. The van der Waals surface area contributed by atoms with Crippen LogP contribution in [-0.4, -0.2) is 41.6 Å². The van der Waals surface area contributed by atoms with Crippen LogP contribution in [-0.2, 0) is 4.79 Å². The van der Waals surface area contributed by atoms with E-state index in [4.69, 9.17) is 19.2 Å². The number of fused-ring (bicyclic) bond motifs is 1. The molecule has 1 aliphatic heterocycles. The average molecular weight is 593 g/mol. The van der Waals surface area contributed by atoms with E-state index in [-0.39, 0.29) is 5.57 Å². The van der Waals surface area contributed by atoms with Gasteiger partial charge < -0.3 is 19.3 Å². The number of aliphatic hydroxyl groups is 1. The number of ketones is 1. The maximum absolute atomic E-state index is 13.7. The second-order valence-electron chi connectivity index (χ2n) is 9.88. The third-order valence-electron chi connectivity index (χ3n) is 6.60. The first-order valence-electron chi connectivity index (χ1n) is 13.6. The molecular formula is C31H32N2O6S2. The molecular weight excluding hydrogens is 560 g/mol. The molecule has 3 heterocycles. The van der Waals surface area contributed by atoms with Gasteiger partial charge in [0.25, 0.3) is 5.91 Å². The summed E-state index contributed by atoms with van der Waals surface area (Å²) in [7, 11) is 0. The number of aromatic nitrogens is 1. The number of amides is 1. The van der Waals surface area contributed by atoms with Crippen molar-refractivity contribution in [2.45, 2.75) is 40.2 Å². The second-order valence-corrected chi connectivity index (χ2v) is 11.8. The smallest absolute Gasteiger partial charge is 0.296 e. The summed E-state index contributed by atoms with van der Waals surface area (Å²) in [5, 5.41) is 13.3. The van der Waals surface area contributed by atoms with Crippen molar-refractivity contribution in [2.75, 3.05) is 24.7 Å². The summed E-state index contributed by atoms with van der Waals surface area (Å²) in [5.74, 6) is 0.583. The van der Waals surface area contributed by atoms with Gasteiger partial charge in [-0.15, -0.1) is 11.3 Å². The van der Waals surface area contributed by atoms with Gasteiger partial charge in [0.2, 0.25) is 5.78 Å². The van der Waals surface area contributed by atoms with E-state index in [9.17, 15) is 14.7 Å². The van der Waals surface area contributed by atoms with E-state index in [1.165, 1.54) is 27.6 Å². The lowest BCUT2D eigenvalue weighted by atomic mass is 9.95. The van der Waals surface area contributed by atoms with Crippen LogP contribution in [0.4, 0.5) is 5.13 Å². The first-order chi connectivity index (χ1) is 19.8. The molecule has 2 aromatic carbocycles. The minimum absolute atomic E-state index is 0.00244. The van der Waals surface area contributed by atoms with E-state index < -0.39 is 23.5 Å². The van der Waals surface area contributed by atoms with E-state index in [2.05, 4.69) is 13.8 Å². The first kappa shape index (κ1) is 28.6. The lowest BCUT2D eigenvalue weighted by Gasteiger charge is -2.25. The molecule has 0 saturated heterocycles. The number of Topliss-reactive ketones (excluding diaryl/α,β-unsaturated/α-hetero) is 1. The molecule has 1 atom stereocenters. The van der Waals surface area contributed by atoms with Crippen LogP contribution in [0, 0.1) is 5.92 Å². The zero-order valence-corrected chi connectivity index (χ0v) is 25.0. The van der Waals surface area contributed by atoms with Gasteiger partial charge in [-0.2, -0.15) is 0 Å². The van der Waals surface area contributed by atoms with Gasteiger partial charge in [0.05, 0.1) is 46.5 Å². The number of benzene rings is 2. The van der Waals surface area contributed by atoms with Crippen LogP contribution in [0.25, 0.3) is 10.2 Å². The minimum Gasteiger partial charge on any atom is -0.503 e. The Morgan fingerprint density at radius 1 is 1.05 bits per heavy atom.